The Morgan fingerprint density at radius 3 is 2.83 bits per heavy atom. The molecule has 1 unspecified atom stereocenters. The maximum absolute atomic E-state index is 14.2. The van der Waals surface area contributed by atoms with Crippen molar-refractivity contribution in [1.29, 1.82) is 0 Å². The summed E-state index contributed by atoms with van der Waals surface area (Å²) < 4.78 is 22.1. The molecule has 0 aliphatic carbocycles. The Hall–Kier alpha value is -3.98. The Labute approximate surface area is 202 Å². The zero-order valence-corrected chi connectivity index (χ0v) is 19.6. The molecule has 3 N–H and O–H groups in total. The minimum Gasteiger partial charge on any atom is -0.457 e. The summed E-state index contributed by atoms with van der Waals surface area (Å²) >= 11 is 0. The zero-order valence-electron chi connectivity index (χ0n) is 19.6. The fourth-order valence-electron chi connectivity index (χ4n) is 4.18. The number of aryl methyl sites for hydroxylation is 2. The van der Waals surface area contributed by atoms with Gasteiger partial charge in [-0.2, -0.15) is 0 Å². The number of fused-ring (bicyclic) bond motifs is 1. The number of benzene rings is 2. The van der Waals surface area contributed by atoms with E-state index < -0.39 is 0 Å². The molecule has 1 amide bonds. The number of hydrogen-bond acceptors (Lipinski definition) is 6. The molecule has 3 heterocycles. The molecular formula is C26H27FN6O2. The van der Waals surface area contributed by atoms with Gasteiger partial charge in [-0.3, -0.25) is 4.79 Å². The third kappa shape index (κ3) is 5.09. The molecule has 1 aliphatic rings. The second kappa shape index (κ2) is 9.71. The number of amides is 1. The fourth-order valence-corrected chi connectivity index (χ4v) is 4.18. The lowest BCUT2D eigenvalue weighted by Gasteiger charge is -2.22. The molecule has 0 saturated carbocycles. The highest BCUT2D eigenvalue weighted by molar-refractivity contribution is 5.94. The normalized spacial score (nSPS) is 15.7. The number of nitrogens with one attached hydrogen (secondary N) is 3. The molecular weight excluding hydrogens is 447 g/mol. The lowest BCUT2D eigenvalue weighted by atomic mass is 10.0. The number of nitrogens with zero attached hydrogens (tertiary/aromatic N) is 3. The molecule has 1 atom stereocenters. The molecule has 180 valence electrons. The first-order valence-electron chi connectivity index (χ1n) is 11.6. The third-order valence-electron chi connectivity index (χ3n) is 6.07. The quantitative estimate of drug-likeness (QED) is 0.363. The van der Waals surface area contributed by atoms with Crippen LogP contribution >= 0.6 is 0 Å². The first-order chi connectivity index (χ1) is 17.0. The van der Waals surface area contributed by atoms with Gasteiger partial charge in [-0.15, -0.1) is 0 Å². The molecule has 5 rings (SSSR count). The van der Waals surface area contributed by atoms with Gasteiger partial charge in [0.1, 0.15) is 23.1 Å². The van der Waals surface area contributed by atoms with Crippen LogP contribution in [0.15, 0.2) is 54.7 Å². The molecule has 9 heteroatoms. The van der Waals surface area contributed by atoms with E-state index in [2.05, 4.69) is 25.9 Å². The Balaban J connectivity index is 1.32. The van der Waals surface area contributed by atoms with Crippen molar-refractivity contribution < 1.29 is 13.9 Å². The molecule has 2 aromatic heterocycles. The van der Waals surface area contributed by atoms with Crippen LogP contribution < -0.4 is 20.7 Å². The van der Waals surface area contributed by atoms with Gasteiger partial charge in [0.05, 0.1) is 22.8 Å². The van der Waals surface area contributed by atoms with Crippen LogP contribution in [0.25, 0.3) is 11.0 Å². The zero-order chi connectivity index (χ0) is 24.4. The highest BCUT2D eigenvalue weighted by atomic mass is 19.1. The Kier molecular flexibility index (Phi) is 6.33. The van der Waals surface area contributed by atoms with Crippen LogP contribution in [0.4, 0.5) is 21.8 Å². The van der Waals surface area contributed by atoms with Crippen LogP contribution in [0.1, 0.15) is 24.8 Å². The van der Waals surface area contributed by atoms with Gasteiger partial charge in [0.15, 0.2) is 0 Å². The van der Waals surface area contributed by atoms with Gasteiger partial charge in [-0.1, -0.05) is 12.5 Å². The number of aromatic nitrogens is 3. The van der Waals surface area contributed by atoms with Crippen LogP contribution in [-0.4, -0.2) is 33.0 Å². The summed E-state index contributed by atoms with van der Waals surface area (Å²) in [5.74, 6) is 1.65. The molecule has 0 radical (unpaired) electrons. The van der Waals surface area contributed by atoms with Crippen LogP contribution in [0, 0.1) is 12.7 Å². The van der Waals surface area contributed by atoms with E-state index in [4.69, 9.17) is 4.74 Å². The molecule has 1 saturated heterocycles. The second-order valence-electron chi connectivity index (χ2n) is 8.72. The summed E-state index contributed by atoms with van der Waals surface area (Å²) in [4.78, 5) is 21.4. The summed E-state index contributed by atoms with van der Waals surface area (Å²) in [6.07, 6.45) is 4.54. The standard InChI is InChI=1S/C26H27FN6O2/c1-16-6-8-19(27)21(13-16)30-26-31-22-14-17(7-9-23(22)33(26)2)35-18-10-12-29-24(15-18)32-25(34)20-5-3-4-11-28-20/h6-10,12-15,20,28H,3-5,11H2,1-2H3,(H,30,31)(H,29,32,34). The number of piperidine rings is 1. The second-order valence-corrected chi connectivity index (χ2v) is 8.72. The van der Waals surface area contributed by atoms with Crippen LogP contribution in [0.5, 0.6) is 11.5 Å². The number of rotatable bonds is 6. The van der Waals surface area contributed by atoms with Crippen LogP contribution in [-0.2, 0) is 11.8 Å². The van der Waals surface area contributed by atoms with Gasteiger partial charge in [0.2, 0.25) is 11.9 Å². The molecule has 1 fully saturated rings. The first kappa shape index (κ1) is 22.8. The molecule has 8 nitrogen and oxygen atoms in total. The van der Waals surface area contributed by atoms with Gasteiger partial charge in [-0.05, 0) is 62.2 Å². The SMILES string of the molecule is Cc1ccc(F)c(Nc2nc3cc(Oc4ccnc(NC(=O)C5CCCCN5)c4)ccc3n2C)c1. The van der Waals surface area contributed by atoms with E-state index in [0.717, 1.165) is 36.9 Å². The van der Waals surface area contributed by atoms with Gasteiger partial charge in [0.25, 0.3) is 0 Å². The number of anilines is 3. The monoisotopic (exact) mass is 474 g/mol. The maximum atomic E-state index is 14.2. The van der Waals surface area contributed by atoms with Crippen molar-refractivity contribution in [3.8, 4) is 11.5 Å². The Morgan fingerprint density at radius 2 is 2.00 bits per heavy atom. The van der Waals surface area contributed by atoms with Gasteiger partial charge < -0.3 is 25.3 Å². The highest BCUT2D eigenvalue weighted by Crippen LogP contribution is 2.29. The van der Waals surface area contributed by atoms with Crippen molar-refractivity contribution in [1.82, 2.24) is 19.9 Å². The van der Waals surface area contributed by atoms with Crippen molar-refractivity contribution >= 4 is 34.4 Å². The topological polar surface area (TPSA) is 93.1 Å². The minimum atomic E-state index is -0.341. The number of imidazole rings is 1. The lowest BCUT2D eigenvalue weighted by Crippen LogP contribution is -2.43. The Morgan fingerprint density at radius 1 is 1.14 bits per heavy atom. The first-order valence-corrected chi connectivity index (χ1v) is 11.6. The summed E-state index contributed by atoms with van der Waals surface area (Å²) in [7, 11) is 1.87. The number of ether oxygens (including phenoxy) is 1. The van der Waals surface area contributed by atoms with Gasteiger partial charge in [0, 0.05) is 25.4 Å². The average Bonchev–Trinajstić information content (AvgIpc) is 3.16. The number of carbonyl (C=O) groups excluding carboxylic acids is 1. The van der Waals surface area contributed by atoms with E-state index >= 15 is 0 Å². The van der Waals surface area contributed by atoms with Crippen molar-refractivity contribution in [2.24, 2.45) is 7.05 Å². The predicted octanol–water partition coefficient (Wildman–Crippen LogP) is 5.03. The van der Waals surface area contributed by atoms with Crippen molar-refractivity contribution in [2.45, 2.75) is 32.2 Å². The van der Waals surface area contributed by atoms with E-state index in [-0.39, 0.29) is 17.8 Å². The molecule has 0 bridgehead atoms. The van der Waals surface area contributed by atoms with E-state index in [1.165, 1.54) is 6.07 Å². The molecule has 2 aromatic carbocycles. The molecule has 35 heavy (non-hydrogen) atoms. The smallest absolute Gasteiger partial charge is 0.242 e. The van der Waals surface area contributed by atoms with E-state index in [0.29, 0.717) is 34.5 Å². The fraction of sp³-hybridized carbons (Fsp3) is 0.269. The third-order valence-corrected chi connectivity index (χ3v) is 6.07. The maximum Gasteiger partial charge on any atom is 0.242 e. The summed E-state index contributed by atoms with van der Waals surface area (Å²) in [5.41, 5.74) is 2.89. The number of pyridine rings is 1. The van der Waals surface area contributed by atoms with E-state index in [1.807, 2.05) is 36.7 Å². The largest absolute Gasteiger partial charge is 0.457 e. The van der Waals surface area contributed by atoms with E-state index in [1.54, 1.807) is 30.5 Å². The minimum absolute atomic E-state index is 0.0886. The van der Waals surface area contributed by atoms with Crippen LogP contribution in [0.2, 0.25) is 0 Å². The molecule has 1 aliphatic heterocycles. The average molecular weight is 475 g/mol. The highest BCUT2D eigenvalue weighted by Gasteiger charge is 2.21. The number of hydrogen-bond donors (Lipinski definition) is 3. The summed E-state index contributed by atoms with van der Waals surface area (Å²) in [6.45, 7) is 2.76. The van der Waals surface area contributed by atoms with Gasteiger partial charge >= 0.3 is 0 Å². The van der Waals surface area contributed by atoms with E-state index in [9.17, 15) is 9.18 Å². The Bertz CT molecular complexity index is 1380. The van der Waals surface area contributed by atoms with Crippen molar-refractivity contribution in [2.75, 3.05) is 17.2 Å². The van der Waals surface area contributed by atoms with Gasteiger partial charge in [-0.25, -0.2) is 14.4 Å². The number of carbonyl (C=O) groups is 1. The predicted molar refractivity (Wildman–Crippen MR) is 134 cm³/mol. The summed E-state index contributed by atoms with van der Waals surface area (Å²) in [5, 5.41) is 9.17. The molecule has 0 spiro atoms. The number of halogens is 1. The molecule has 4 aromatic rings. The lowest BCUT2D eigenvalue weighted by molar-refractivity contribution is -0.118. The van der Waals surface area contributed by atoms with Crippen molar-refractivity contribution in [3.05, 3.63) is 66.1 Å². The van der Waals surface area contributed by atoms with Crippen LogP contribution in [0.3, 0.4) is 0 Å². The van der Waals surface area contributed by atoms with Crippen molar-refractivity contribution in [3.63, 3.8) is 0 Å². The summed E-state index contributed by atoms with van der Waals surface area (Å²) in [6, 6.07) is 13.7.